The zero-order valence-corrected chi connectivity index (χ0v) is 12.2. The highest BCUT2D eigenvalue weighted by Gasteiger charge is 2.32. The van der Waals surface area contributed by atoms with Crippen LogP contribution in [0.4, 0.5) is 13.2 Å². The number of rotatable bonds is 2. The van der Waals surface area contributed by atoms with Crippen molar-refractivity contribution in [1.82, 2.24) is 14.6 Å². The molecule has 0 spiro atoms. The van der Waals surface area contributed by atoms with Gasteiger partial charge in [-0.1, -0.05) is 6.07 Å². The zero-order valence-electron chi connectivity index (χ0n) is 12.2. The highest BCUT2D eigenvalue weighted by atomic mass is 19.4. The minimum absolute atomic E-state index is 0.00707. The van der Waals surface area contributed by atoms with Crippen molar-refractivity contribution in [2.45, 2.75) is 13.1 Å². The van der Waals surface area contributed by atoms with Crippen molar-refractivity contribution in [3.8, 4) is 11.3 Å². The molecule has 3 rings (SSSR count). The average molecular weight is 337 g/mol. The van der Waals surface area contributed by atoms with Gasteiger partial charge in [0.05, 0.1) is 17.5 Å². The molecule has 1 aromatic carbocycles. The van der Waals surface area contributed by atoms with E-state index >= 15 is 0 Å². The van der Waals surface area contributed by atoms with Crippen LogP contribution in [0.5, 0.6) is 0 Å². The Morgan fingerprint density at radius 2 is 2.00 bits per heavy atom. The Balaban J connectivity index is 2.15. The van der Waals surface area contributed by atoms with Gasteiger partial charge in [0.2, 0.25) is 0 Å². The lowest BCUT2D eigenvalue weighted by Crippen LogP contribution is -2.11. The summed E-state index contributed by atoms with van der Waals surface area (Å²) in [5.74, 6) is -1.29. The number of fused-ring (bicyclic) bond motifs is 1. The van der Waals surface area contributed by atoms with Crippen LogP contribution in [0.25, 0.3) is 16.8 Å². The number of aromatic carboxylic acids is 1. The number of H-pyrrole nitrogens is 1. The molecule has 2 N–H and O–H groups in total. The lowest BCUT2D eigenvalue weighted by atomic mass is 10.0. The Labute approximate surface area is 132 Å². The minimum Gasteiger partial charge on any atom is -0.476 e. The second kappa shape index (κ2) is 5.22. The number of benzene rings is 1. The Bertz CT molecular complexity index is 1020. The molecule has 0 atom stereocenters. The van der Waals surface area contributed by atoms with Crippen LogP contribution in [0.2, 0.25) is 0 Å². The standard InChI is InChI=1S/C15H10F3N3O3/c1-7-4-8(2-3-9(7)15(16,17)18)11-6-21-12(13(22)19-11)5-10(20-21)14(23)24/h2-6H,1H3,(H,19,22)(H,23,24). The normalized spacial score (nSPS) is 11.8. The fourth-order valence-electron chi connectivity index (χ4n) is 2.40. The van der Waals surface area contributed by atoms with Crippen LogP contribution in [0, 0.1) is 6.92 Å². The van der Waals surface area contributed by atoms with E-state index < -0.39 is 23.3 Å². The van der Waals surface area contributed by atoms with Crippen LogP contribution in [-0.2, 0) is 6.18 Å². The monoisotopic (exact) mass is 337 g/mol. The maximum absolute atomic E-state index is 12.8. The molecule has 0 bridgehead atoms. The maximum Gasteiger partial charge on any atom is 0.416 e. The summed E-state index contributed by atoms with van der Waals surface area (Å²) in [6, 6.07) is 4.57. The van der Waals surface area contributed by atoms with Crippen molar-refractivity contribution >= 4 is 11.5 Å². The maximum atomic E-state index is 12.8. The van der Waals surface area contributed by atoms with Crippen molar-refractivity contribution in [3.05, 3.63) is 57.6 Å². The molecule has 0 amide bonds. The van der Waals surface area contributed by atoms with Crippen LogP contribution in [0.1, 0.15) is 21.6 Å². The van der Waals surface area contributed by atoms with Gasteiger partial charge in [0.25, 0.3) is 5.56 Å². The molecule has 0 aliphatic carbocycles. The Kier molecular flexibility index (Phi) is 3.43. The number of aromatic nitrogens is 3. The van der Waals surface area contributed by atoms with Gasteiger partial charge in [-0.05, 0) is 30.2 Å². The molecule has 0 aliphatic heterocycles. The van der Waals surface area contributed by atoms with Crippen molar-refractivity contribution in [3.63, 3.8) is 0 Å². The second-order valence-electron chi connectivity index (χ2n) is 5.19. The van der Waals surface area contributed by atoms with E-state index in [0.29, 0.717) is 5.56 Å². The molecule has 24 heavy (non-hydrogen) atoms. The fraction of sp³-hybridized carbons (Fsp3) is 0.133. The highest BCUT2D eigenvalue weighted by Crippen LogP contribution is 2.33. The first-order chi connectivity index (χ1) is 11.2. The summed E-state index contributed by atoms with van der Waals surface area (Å²) in [6.45, 7) is 1.32. The molecular formula is C15H10F3N3O3. The molecule has 6 nitrogen and oxygen atoms in total. The minimum atomic E-state index is -4.46. The molecular weight excluding hydrogens is 327 g/mol. The van der Waals surface area contributed by atoms with Crippen molar-refractivity contribution in [2.75, 3.05) is 0 Å². The number of hydrogen-bond donors (Lipinski definition) is 2. The lowest BCUT2D eigenvalue weighted by Gasteiger charge is -2.11. The number of alkyl halides is 3. The number of carboxylic acid groups (broad SMARTS) is 1. The highest BCUT2D eigenvalue weighted by molar-refractivity contribution is 5.87. The topological polar surface area (TPSA) is 87.5 Å². The molecule has 0 radical (unpaired) electrons. The quantitative estimate of drug-likeness (QED) is 0.753. The average Bonchev–Trinajstić information content (AvgIpc) is 2.90. The first-order valence-electron chi connectivity index (χ1n) is 6.71. The number of nitrogens with zero attached hydrogens (tertiary/aromatic N) is 2. The molecule has 2 heterocycles. The summed E-state index contributed by atoms with van der Waals surface area (Å²) in [5, 5.41) is 12.7. The third-order valence-electron chi connectivity index (χ3n) is 3.53. The molecule has 9 heteroatoms. The SMILES string of the molecule is Cc1cc(-c2cn3nc(C(=O)O)cc3c(=O)[nH]2)ccc1C(F)(F)F. The van der Waals surface area contributed by atoms with Crippen LogP contribution >= 0.6 is 0 Å². The number of carboxylic acids is 1. The molecule has 0 unspecified atom stereocenters. The van der Waals surface area contributed by atoms with E-state index in [-0.39, 0.29) is 22.5 Å². The van der Waals surface area contributed by atoms with Crippen molar-refractivity contribution < 1.29 is 23.1 Å². The summed E-state index contributed by atoms with van der Waals surface area (Å²) in [7, 11) is 0. The molecule has 0 saturated heterocycles. The van der Waals surface area contributed by atoms with E-state index in [0.717, 1.165) is 16.6 Å². The molecule has 3 aromatic rings. The van der Waals surface area contributed by atoms with Gasteiger partial charge in [-0.3, -0.25) is 4.79 Å². The first-order valence-corrected chi connectivity index (χ1v) is 6.71. The third-order valence-corrected chi connectivity index (χ3v) is 3.53. The number of aromatic amines is 1. The predicted octanol–water partition coefficient (Wildman–Crippen LogP) is 2.72. The third kappa shape index (κ3) is 2.64. The summed E-state index contributed by atoms with van der Waals surface area (Å²) < 4.78 is 39.5. The van der Waals surface area contributed by atoms with Gasteiger partial charge in [-0.25, -0.2) is 9.31 Å². The largest absolute Gasteiger partial charge is 0.476 e. The second-order valence-corrected chi connectivity index (χ2v) is 5.19. The van der Waals surface area contributed by atoms with Gasteiger partial charge in [0, 0.05) is 6.07 Å². The first kappa shape index (κ1) is 15.8. The van der Waals surface area contributed by atoms with E-state index in [9.17, 15) is 22.8 Å². The van der Waals surface area contributed by atoms with Crippen LogP contribution in [0.3, 0.4) is 0 Å². The summed E-state index contributed by atoms with van der Waals surface area (Å²) in [4.78, 5) is 25.5. The fourth-order valence-corrected chi connectivity index (χ4v) is 2.40. The molecule has 2 aromatic heterocycles. The Hall–Kier alpha value is -3.10. The van der Waals surface area contributed by atoms with Gasteiger partial charge in [0.1, 0.15) is 5.52 Å². The summed E-state index contributed by atoms with van der Waals surface area (Å²) in [6.07, 6.45) is -3.11. The molecule has 0 fully saturated rings. The van der Waals surface area contributed by atoms with Gasteiger partial charge < -0.3 is 10.1 Å². The van der Waals surface area contributed by atoms with E-state index in [1.807, 2.05) is 0 Å². The molecule has 124 valence electrons. The van der Waals surface area contributed by atoms with E-state index in [1.165, 1.54) is 25.3 Å². The zero-order chi connectivity index (χ0) is 17.6. The Morgan fingerprint density at radius 3 is 2.58 bits per heavy atom. The number of hydrogen-bond acceptors (Lipinski definition) is 3. The van der Waals surface area contributed by atoms with Crippen LogP contribution in [-0.4, -0.2) is 25.7 Å². The van der Waals surface area contributed by atoms with Gasteiger partial charge >= 0.3 is 12.1 Å². The van der Waals surface area contributed by atoms with Crippen molar-refractivity contribution in [2.24, 2.45) is 0 Å². The number of aryl methyl sites for hydroxylation is 1. The van der Waals surface area contributed by atoms with Gasteiger partial charge in [-0.2, -0.15) is 18.3 Å². The summed E-state index contributed by atoms with van der Waals surface area (Å²) >= 11 is 0. The molecule has 0 aliphatic rings. The van der Waals surface area contributed by atoms with Crippen LogP contribution < -0.4 is 5.56 Å². The van der Waals surface area contributed by atoms with E-state index in [1.54, 1.807) is 0 Å². The molecule has 0 saturated carbocycles. The Morgan fingerprint density at radius 1 is 1.29 bits per heavy atom. The predicted molar refractivity (Wildman–Crippen MR) is 77.9 cm³/mol. The van der Waals surface area contributed by atoms with Crippen LogP contribution in [0.15, 0.2) is 35.3 Å². The van der Waals surface area contributed by atoms with Gasteiger partial charge in [0.15, 0.2) is 5.69 Å². The number of halogens is 3. The number of carbonyl (C=O) groups is 1. The van der Waals surface area contributed by atoms with Crippen molar-refractivity contribution in [1.29, 1.82) is 0 Å². The smallest absolute Gasteiger partial charge is 0.416 e. The number of nitrogens with one attached hydrogen (secondary N) is 1. The van der Waals surface area contributed by atoms with E-state index in [4.69, 9.17) is 5.11 Å². The van der Waals surface area contributed by atoms with E-state index in [2.05, 4.69) is 10.1 Å². The lowest BCUT2D eigenvalue weighted by molar-refractivity contribution is -0.138. The van der Waals surface area contributed by atoms with Gasteiger partial charge in [-0.15, -0.1) is 0 Å². The summed E-state index contributed by atoms with van der Waals surface area (Å²) in [5.41, 5.74) is -1.04.